The molecule has 0 saturated heterocycles. The van der Waals surface area contributed by atoms with E-state index in [9.17, 15) is 13.2 Å². The summed E-state index contributed by atoms with van der Waals surface area (Å²) < 4.78 is 32.6. The van der Waals surface area contributed by atoms with Crippen LogP contribution in [0.15, 0.2) is 57.8 Å². The lowest BCUT2D eigenvalue weighted by molar-refractivity contribution is 0.0963. The third-order valence-electron chi connectivity index (χ3n) is 4.62. The highest BCUT2D eigenvalue weighted by Crippen LogP contribution is 2.24. The minimum Gasteiger partial charge on any atom is -0.441 e. The summed E-state index contributed by atoms with van der Waals surface area (Å²) in [5, 5.41) is 2.57. The van der Waals surface area contributed by atoms with Crippen LogP contribution in [-0.4, -0.2) is 37.7 Å². The molecular formula is C21H23N3O4S. The molecule has 0 aliphatic rings. The summed E-state index contributed by atoms with van der Waals surface area (Å²) in [5.41, 5.74) is 2.76. The van der Waals surface area contributed by atoms with Gasteiger partial charge in [-0.05, 0) is 50.2 Å². The summed E-state index contributed by atoms with van der Waals surface area (Å²) >= 11 is 0. The molecular weight excluding hydrogens is 390 g/mol. The monoisotopic (exact) mass is 413 g/mol. The van der Waals surface area contributed by atoms with E-state index in [0.29, 0.717) is 28.5 Å². The Labute approximate surface area is 170 Å². The van der Waals surface area contributed by atoms with Gasteiger partial charge < -0.3 is 9.73 Å². The smallest absolute Gasteiger partial charge is 0.251 e. The van der Waals surface area contributed by atoms with Gasteiger partial charge >= 0.3 is 0 Å². The van der Waals surface area contributed by atoms with Crippen molar-refractivity contribution in [2.75, 3.05) is 14.1 Å². The van der Waals surface area contributed by atoms with E-state index in [-0.39, 0.29) is 17.3 Å². The van der Waals surface area contributed by atoms with Crippen LogP contribution < -0.4 is 5.32 Å². The fourth-order valence-electron chi connectivity index (χ4n) is 2.79. The van der Waals surface area contributed by atoms with E-state index in [1.54, 1.807) is 62.5 Å². The Morgan fingerprint density at radius 3 is 2.28 bits per heavy atom. The highest BCUT2D eigenvalue weighted by Gasteiger charge is 2.23. The van der Waals surface area contributed by atoms with Gasteiger partial charge in [0.05, 0.1) is 17.1 Å². The number of carbonyl (C=O) groups excluding carboxylic acids is 1. The van der Waals surface area contributed by atoms with Gasteiger partial charge in [0.2, 0.25) is 15.9 Å². The van der Waals surface area contributed by atoms with E-state index in [1.165, 1.54) is 11.4 Å². The molecule has 8 heteroatoms. The van der Waals surface area contributed by atoms with Crippen molar-refractivity contribution >= 4 is 15.9 Å². The van der Waals surface area contributed by atoms with Crippen molar-refractivity contribution in [2.45, 2.75) is 25.3 Å². The Hall–Kier alpha value is -2.97. The van der Waals surface area contributed by atoms with Gasteiger partial charge in [0, 0.05) is 25.2 Å². The number of carbonyl (C=O) groups is 1. The van der Waals surface area contributed by atoms with Crippen molar-refractivity contribution in [2.24, 2.45) is 0 Å². The molecule has 7 nitrogen and oxygen atoms in total. The van der Waals surface area contributed by atoms with Crippen molar-refractivity contribution in [3.8, 4) is 11.5 Å². The van der Waals surface area contributed by atoms with E-state index in [4.69, 9.17) is 4.42 Å². The fourth-order valence-corrected chi connectivity index (χ4v) is 3.92. The van der Waals surface area contributed by atoms with Crippen LogP contribution in [0.1, 0.15) is 27.4 Å². The summed E-state index contributed by atoms with van der Waals surface area (Å²) in [7, 11) is -0.551. The standard InChI is InChI=1S/C21H23N3O4S/c1-14-5-11-18(12-6-14)29(26,27)24(4)13-19-15(2)28-21(23-19)17-9-7-16(8-10-17)20(25)22-3/h5-12H,13H2,1-4H3,(H,22,25). The molecule has 0 aliphatic carbocycles. The molecule has 0 spiro atoms. The van der Waals surface area contributed by atoms with Gasteiger partial charge in [-0.1, -0.05) is 17.7 Å². The first kappa shape index (κ1) is 20.8. The maximum atomic E-state index is 12.8. The maximum Gasteiger partial charge on any atom is 0.251 e. The van der Waals surface area contributed by atoms with Gasteiger partial charge in [-0.25, -0.2) is 13.4 Å². The van der Waals surface area contributed by atoms with Gasteiger partial charge in [0.15, 0.2) is 0 Å². The van der Waals surface area contributed by atoms with Crippen molar-refractivity contribution in [3.63, 3.8) is 0 Å². The lowest BCUT2D eigenvalue weighted by Gasteiger charge is -2.16. The van der Waals surface area contributed by atoms with Crippen molar-refractivity contribution < 1.29 is 17.6 Å². The van der Waals surface area contributed by atoms with Gasteiger partial charge in [-0.15, -0.1) is 0 Å². The summed E-state index contributed by atoms with van der Waals surface area (Å²) in [5.74, 6) is 0.743. The van der Waals surface area contributed by atoms with E-state index < -0.39 is 10.0 Å². The molecule has 152 valence electrons. The molecule has 0 saturated carbocycles. The second-order valence-electron chi connectivity index (χ2n) is 6.75. The molecule has 3 rings (SSSR count). The number of nitrogens with one attached hydrogen (secondary N) is 1. The lowest BCUT2D eigenvalue weighted by atomic mass is 10.1. The number of sulfonamides is 1. The van der Waals surface area contributed by atoms with E-state index in [1.807, 2.05) is 6.92 Å². The number of hydrogen-bond donors (Lipinski definition) is 1. The van der Waals surface area contributed by atoms with Crippen molar-refractivity contribution in [1.82, 2.24) is 14.6 Å². The maximum absolute atomic E-state index is 12.8. The predicted molar refractivity (Wildman–Crippen MR) is 110 cm³/mol. The molecule has 3 aromatic rings. The molecule has 0 aliphatic heterocycles. The van der Waals surface area contributed by atoms with Gasteiger partial charge in [0.25, 0.3) is 5.91 Å². The Morgan fingerprint density at radius 2 is 1.69 bits per heavy atom. The number of benzene rings is 2. The molecule has 1 amide bonds. The zero-order valence-electron chi connectivity index (χ0n) is 16.8. The lowest BCUT2D eigenvalue weighted by Crippen LogP contribution is -2.27. The molecule has 0 radical (unpaired) electrons. The topological polar surface area (TPSA) is 92.5 Å². The second kappa shape index (κ2) is 8.18. The zero-order chi connectivity index (χ0) is 21.2. The average Bonchev–Trinajstić information content (AvgIpc) is 3.08. The third-order valence-corrected chi connectivity index (χ3v) is 6.43. The zero-order valence-corrected chi connectivity index (χ0v) is 17.6. The quantitative estimate of drug-likeness (QED) is 0.670. The fraction of sp³-hybridized carbons (Fsp3) is 0.238. The Kier molecular flexibility index (Phi) is 5.86. The Balaban J connectivity index is 1.81. The van der Waals surface area contributed by atoms with Crippen LogP contribution in [0.3, 0.4) is 0 Å². The molecule has 0 unspecified atom stereocenters. The number of aryl methyl sites for hydroxylation is 2. The molecule has 29 heavy (non-hydrogen) atoms. The van der Waals surface area contributed by atoms with Crippen LogP contribution in [0.2, 0.25) is 0 Å². The number of nitrogens with zero attached hydrogens (tertiary/aromatic N) is 2. The molecule has 2 aromatic carbocycles. The summed E-state index contributed by atoms with van der Waals surface area (Å²) in [4.78, 5) is 16.4. The van der Waals surface area contributed by atoms with Gasteiger partial charge in [-0.3, -0.25) is 4.79 Å². The number of hydrogen-bond acceptors (Lipinski definition) is 5. The molecule has 1 heterocycles. The van der Waals surface area contributed by atoms with Crippen LogP contribution in [0, 0.1) is 13.8 Å². The first-order valence-corrected chi connectivity index (χ1v) is 10.5. The minimum atomic E-state index is -3.64. The highest BCUT2D eigenvalue weighted by molar-refractivity contribution is 7.89. The van der Waals surface area contributed by atoms with Crippen LogP contribution in [0.4, 0.5) is 0 Å². The number of rotatable bonds is 6. The third kappa shape index (κ3) is 4.38. The van der Waals surface area contributed by atoms with Crippen LogP contribution in [0.5, 0.6) is 0 Å². The van der Waals surface area contributed by atoms with Crippen LogP contribution in [-0.2, 0) is 16.6 Å². The second-order valence-corrected chi connectivity index (χ2v) is 8.80. The molecule has 0 atom stereocenters. The van der Waals surface area contributed by atoms with Gasteiger partial charge in [-0.2, -0.15) is 4.31 Å². The molecule has 0 fully saturated rings. The first-order chi connectivity index (χ1) is 13.7. The Morgan fingerprint density at radius 1 is 1.07 bits per heavy atom. The van der Waals surface area contributed by atoms with Gasteiger partial charge in [0.1, 0.15) is 5.76 Å². The summed E-state index contributed by atoms with van der Waals surface area (Å²) in [6, 6.07) is 13.6. The molecule has 0 bridgehead atoms. The Bertz CT molecular complexity index is 1120. The van der Waals surface area contributed by atoms with E-state index in [0.717, 1.165) is 5.56 Å². The highest BCUT2D eigenvalue weighted by atomic mass is 32.2. The normalized spacial score (nSPS) is 11.6. The molecule has 1 N–H and O–H groups in total. The molecule has 1 aromatic heterocycles. The predicted octanol–water partition coefficient (Wildman–Crippen LogP) is 3.14. The average molecular weight is 413 g/mol. The number of amides is 1. The van der Waals surface area contributed by atoms with Crippen molar-refractivity contribution in [3.05, 3.63) is 71.1 Å². The van der Waals surface area contributed by atoms with Crippen LogP contribution >= 0.6 is 0 Å². The largest absolute Gasteiger partial charge is 0.441 e. The minimum absolute atomic E-state index is 0.0852. The van der Waals surface area contributed by atoms with E-state index in [2.05, 4.69) is 10.3 Å². The van der Waals surface area contributed by atoms with Crippen molar-refractivity contribution in [1.29, 1.82) is 0 Å². The first-order valence-electron chi connectivity index (χ1n) is 9.04. The summed E-state index contributed by atoms with van der Waals surface area (Å²) in [6.07, 6.45) is 0. The summed E-state index contributed by atoms with van der Waals surface area (Å²) in [6.45, 7) is 3.74. The van der Waals surface area contributed by atoms with E-state index >= 15 is 0 Å². The van der Waals surface area contributed by atoms with Crippen LogP contribution in [0.25, 0.3) is 11.5 Å². The number of aromatic nitrogens is 1. The SMILES string of the molecule is CNC(=O)c1ccc(-c2nc(CN(C)S(=O)(=O)c3ccc(C)cc3)c(C)o2)cc1. The number of oxazole rings is 1.